The molecule has 2 amide bonds. The predicted octanol–water partition coefficient (Wildman–Crippen LogP) is -3.21. The minimum absolute atomic E-state index is 0. The fourth-order valence-corrected chi connectivity index (χ4v) is 2.78. The van der Waals surface area contributed by atoms with Crippen LogP contribution in [0, 0.1) is 5.92 Å². The van der Waals surface area contributed by atoms with E-state index < -0.39 is 29.7 Å². The molecule has 0 aliphatic carbocycles. The van der Waals surface area contributed by atoms with E-state index in [1.165, 1.54) is 9.80 Å². The number of aliphatic imine (C=N–C) groups is 1. The van der Waals surface area contributed by atoms with E-state index in [4.69, 9.17) is 9.47 Å². The normalized spacial score (nSPS) is 17.5. The molecule has 2 aliphatic rings. The number of carboxylic acid groups (broad SMARTS) is 1. The molecule has 0 aromatic heterocycles. The van der Waals surface area contributed by atoms with Gasteiger partial charge in [-0.05, 0) is 33.6 Å². The van der Waals surface area contributed by atoms with Crippen LogP contribution >= 0.6 is 0 Å². The van der Waals surface area contributed by atoms with Gasteiger partial charge in [0.05, 0.1) is 19.6 Å². The minimum Gasteiger partial charge on any atom is -0.550 e. The molecule has 152 valence electrons. The summed E-state index contributed by atoms with van der Waals surface area (Å²) >= 11 is 0. The average molecular weight is 390 g/mol. The maximum absolute atomic E-state index is 12.1. The molecule has 10 nitrogen and oxygen atoms in total. The average Bonchev–Trinajstić information content (AvgIpc) is 3.06. The maximum atomic E-state index is 12.1. The van der Waals surface area contributed by atoms with Crippen molar-refractivity contribution >= 4 is 24.1 Å². The van der Waals surface area contributed by atoms with Crippen LogP contribution in [0.4, 0.5) is 9.59 Å². The second-order valence-corrected chi connectivity index (χ2v) is 7.46. The molecule has 0 bridgehead atoms. The number of amides is 2. The van der Waals surface area contributed by atoms with Crippen LogP contribution in [-0.2, 0) is 14.3 Å². The SMILES string of the molecule is CC(C)(C)OC(=O)N1CCN=C1NCCOC(=O)N1CCC(C(=O)[O-])CC1.[Li+]. The quantitative estimate of drug-likeness (QED) is 0.396. The summed E-state index contributed by atoms with van der Waals surface area (Å²) < 4.78 is 10.5. The number of piperidine rings is 1. The smallest absolute Gasteiger partial charge is 0.550 e. The van der Waals surface area contributed by atoms with Crippen LogP contribution in [0.3, 0.4) is 0 Å². The van der Waals surface area contributed by atoms with E-state index in [-0.39, 0.29) is 25.5 Å². The van der Waals surface area contributed by atoms with Gasteiger partial charge in [0.2, 0.25) is 5.96 Å². The van der Waals surface area contributed by atoms with Gasteiger partial charge in [0.25, 0.3) is 0 Å². The molecule has 1 saturated heterocycles. The van der Waals surface area contributed by atoms with Gasteiger partial charge in [0, 0.05) is 25.0 Å². The van der Waals surface area contributed by atoms with E-state index in [9.17, 15) is 19.5 Å². The zero-order valence-electron chi connectivity index (χ0n) is 17.0. The number of aliphatic carboxylic acids is 1. The molecule has 0 aromatic rings. The Kier molecular flexibility index (Phi) is 9.11. The van der Waals surface area contributed by atoms with Crippen molar-refractivity contribution in [1.29, 1.82) is 0 Å². The molecule has 1 fully saturated rings. The Morgan fingerprint density at radius 2 is 1.82 bits per heavy atom. The fraction of sp³-hybridized carbons (Fsp3) is 0.765. The van der Waals surface area contributed by atoms with Crippen molar-refractivity contribution in [3.8, 4) is 0 Å². The number of likely N-dealkylation sites (tertiary alicyclic amines) is 1. The van der Waals surface area contributed by atoms with Crippen LogP contribution in [0.5, 0.6) is 0 Å². The van der Waals surface area contributed by atoms with Crippen LogP contribution < -0.4 is 29.3 Å². The summed E-state index contributed by atoms with van der Waals surface area (Å²) in [5, 5.41) is 13.8. The summed E-state index contributed by atoms with van der Waals surface area (Å²) in [4.78, 5) is 42.1. The van der Waals surface area contributed by atoms with E-state index in [2.05, 4.69) is 10.3 Å². The summed E-state index contributed by atoms with van der Waals surface area (Å²) in [6.07, 6.45) is -0.209. The molecule has 28 heavy (non-hydrogen) atoms. The molecule has 11 heteroatoms. The van der Waals surface area contributed by atoms with E-state index in [1.54, 1.807) is 20.8 Å². The van der Waals surface area contributed by atoms with Gasteiger partial charge in [-0.3, -0.25) is 4.99 Å². The van der Waals surface area contributed by atoms with E-state index in [0.717, 1.165) is 0 Å². The first-order valence-electron chi connectivity index (χ1n) is 9.09. The number of carbonyl (C=O) groups is 3. The van der Waals surface area contributed by atoms with Crippen LogP contribution in [-0.4, -0.2) is 78.8 Å². The number of rotatable bonds is 4. The van der Waals surface area contributed by atoms with Crippen molar-refractivity contribution in [3.63, 3.8) is 0 Å². The Balaban J connectivity index is 0.00000392. The molecule has 0 radical (unpaired) electrons. The monoisotopic (exact) mass is 390 g/mol. The number of carboxylic acids is 1. The Bertz CT molecular complexity index is 599. The van der Waals surface area contributed by atoms with Crippen molar-refractivity contribution in [2.75, 3.05) is 39.3 Å². The van der Waals surface area contributed by atoms with Gasteiger partial charge in [0.15, 0.2) is 0 Å². The Morgan fingerprint density at radius 1 is 1.18 bits per heavy atom. The Labute approximate surface area is 176 Å². The van der Waals surface area contributed by atoms with E-state index in [1.807, 2.05) is 0 Å². The van der Waals surface area contributed by atoms with Crippen LogP contribution in [0.25, 0.3) is 0 Å². The molecule has 0 atom stereocenters. The van der Waals surface area contributed by atoms with Gasteiger partial charge in [-0.25, -0.2) is 14.5 Å². The van der Waals surface area contributed by atoms with E-state index >= 15 is 0 Å². The number of hydrogen-bond donors (Lipinski definition) is 1. The van der Waals surface area contributed by atoms with Crippen LogP contribution in [0.1, 0.15) is 33.6 Å². The third kappa shape index (κ3) is 7.24. The molecule has 2 heterocycles. The predicted molar refractivity (Wildman–Crippen MR) is 93.9 cm³/mol. The molecule has 2 aliphatic heterocycles. The zero-order chi connectivity index (χ0) is 20.0. The third-order valence-electron chi connectivity index (χ3n) is 4.15. The van der Waals surface area contributed by atoms with Crippen LogP contribution in [0.15, 0.2) is 4.99 Å². The maximum Gasteiger partial charge on any atom is 1.00 e. The minimum atomic E-state index is -1.07. The molecule has 0 saturated carbocycles. The summed E-state index contributed by atoms with van der Waals surface area (Å²) in [6.45, 7) is 7.36. The van der Waals surface area contributed by atoms with Crippen molar-refractivity contribution in [1.82, 2.24) is 15.1 Å². The number of nitrogens with one attached hydrogen (secondary N) is 1. The second kappa shape index (κ2) is 10.6. The van der Waals surface area contributed by atoms with E-state index in [0.29, 0.717) is 51.5 Å². The third-order valence-corrected chi connectivity index (χ3v) is 4.15. The van der Waals surface area contributed by atoms with Gasteiger partial charge >= 0.3 is 31.0 Å². The fourth-order valence-electron chi connectivity index (χ4n) is 2.78. The van der Waals surface area contributed by atoms with Crippen LogP contribution in [0.2, 0.25) is 0 Å². The first-order chi connectivity index (χ1) is 12.7. The van der Waals surface area contributed by atoms with Crippen molar-refractivity contribution in [2.24, 2.45) is 10.9 Å². The summed E-state index contributed by atoms with van der Waals surface area (Å²) in [5.74, 6) is -1.18. The van der Waals surface area contributed by atoms with Gasteiger partial charge in [-0.1, -0.05) is 0 Å². The largest absolute Gasteiger partial charge is 1.00 e. The second-order valence-electron chi connectivity index (χ2n) is 7.46. The zero-order valence-corrected chi connectivity index (χ0v) is 17.0. The standard InChI is InChI=1S/C17H28N4O6.Li/c1-17(2,3)27-16(25)21-10-6-18-14(21)19-7-11-26-15(24)20-8-4-12(5-9-20)13(22)23;/h12H,4-11H2,1-3H3,(H,18,19)(H,22,23);/q;+1/p-1. The molecule has 0 spiro atoms. The number of carbonyl (C=O) groups excluding carboxylic acids is 3. The molecular formula is C17H27LiN4O6. The molecule has 0 unspecified atom stereocenters. The van der Waals surface area contributed by atoms with Gasteiger partial charge in [-0.15, -0.1) is 0 Å². The first kappa shape index (κ1) is 24.1. The summed E-state index contributed by atoms with van der Waals surface area (Å²) in [7, 11) is 0. The van der Waals surface area contributed by atoms with Crippen molar-refractivity contribution in [3.05, 3.63) is 0 Å². The molecule has 2 rings (SSSR count). The molecule has 0 aromatic carbocycles. The molecule has 1 N–H and O–H groups in total. The van der Waals surface area contributed by atoms with Crippen molar-refractivity contribution in [2.45, 2.75) is 39.2 Å². The number of hydrogen-bond acceptors (Lipinski definition) is 8. The number of nitrogens with zero attached hydrogens (tertiary/aromatic N) is 3. The summed E-state index contributed by atoms with van der Waals surface area (Å²) in [5.41, 5.74) is -0.593. The molecular weight excluding hydrogens is 363 g/mol. The number of ether oxygens (including phenoxy) is 2. The Morgan fingerprint density at radius 3 is 2.39 bits per heavy atom. The Hall–Kier alpha value is -1.92. The van der Waals surface area contributed by atoms with Gasteiger partial charge < -0.3 is 29.6 Å². The summed E-state index contributed by atoms with van der Waals surface area (Å²) in [6, 6.07) is 0. The van der Waals surface area contributed by atoms with Crippen molar-refractivity contribution < 1.29 is 47.8 Å². The van der Waals surface area contributed by atoms with Gasteiger partial charge in [-0.2, -0.15) is 0 Å². The first-order valence-corrected chi connectivity index (χ1v) is 9.09. The number of guanidine groups is 1. The van der Waals surface area contributed by atoms with Gasteiger partial charge in [0.1, 0.15) is 12.2 Å². The topological polar surface area (TPSA) is 124 Å².